The van der Waals surface area contributed by atoms with E-state index in [2.05, 4.69) is 33.7 Å². The monoisotopic (exact) mass is 389 g/mol. The first kappa shape index (κ1) is 18.1. The fourth-order valence-corrected chi connectivity index (χ4v) is 4.19. The Kier molecular flexibility index (Phi) is 4.87. The molecule has 0 saturated carbocycles. The molecular formula is C23H23N3O3. The minimum absolute atomic E-state index is 0.122. The molecular weight excluding hydrogens is 366 g/mol. The summed E-state index contributed by atoms with van der Waals surface area (Å²) in [4.78, 5) is 4.13. The van der Waals surface area contributed by atoms with E-state index in [1.807, 2.05) is 18.2 Å². The maximum atomic E-state index is 9.20. The maximum Gasteiger partial charge on any atom is 0.142 e. The molecule has 1 atom stereocenters. The number of morpholine rings is 1. The van der Waals surface area contributed by atoms with Gasteiger partial charge in [0.2, 0.25) is 0 Å². The van der Waals surface area contributed by atoms with Crippen LogP contribution >= 0.6 is 0 Å². The summed E-state index contributed by atoms with van der Waals surface area (Å²) in [5.41, 5.74) is 6.17. The number of nitrogens with one attached hydrogen (secondary N) is 1. The summed E-state index contributed by atoms with van der Waals surface area (Å²) in [6, 6.07) is 12.4. The van der Waals surface area contributed by atoms with Crippen molar-refractivity contribution in [2.75, 3.05) is 19.7 Å². The number of hydrogen-bond donors (Lipinski definition) is 2. The van der Waals surface area contributed by atoms with E-state index in [9.17, 15) is 5.21 Å². The number of ether oxygens (including phenoxy) is 1. The second-order valence-corrected chi connectivity index (χ2v) is 7.51. The molecule has 2 aromatic heterocycles. The van der Waals surface area contributed by atoms with Gasteiger partial charge in [-0.15, -0.1) is 0 Å². The summed E-state index contributed by atoms with van der Waals surface area (Å²) in [7, 11) is 0. The highest BCUT2D eigenvalue weighted by Gasteiger charge is 2.23. The summed E-state index contributed by atoms with van der Waals surface area (Å²) in [5, 5.41) is 16.0. The zero-order valence-corrected chi connectivity index (χ0v) is 16.1. The van der Waals surface area contributed by atoms with Gasteiger partial charge >= 0.3 is 0 Å². The molecule has 29 heavy (non-hydrogen) atoms. The summed E-state index contributed by atoms with van der Waals surface area (Å²) in [6.45, 7) is 2.47. The first-order chi connectivity index (χ1) is 14.3. The number of furan rings is 1. The molecule has 148 valence electrons. The second-order valence-electron chi connectivity index (χ2n) is 7.51. The van der Waals surface area contributed by atoms with Crippen molar-refractivity contribution in [3.05, 3.63) is 65.7 Å². The molecule has 3 aromatic rings. The first-order valence-corrected chi connectivity index (χ1v) is 10.0. The molecule has 1 unspecified atom stereocenters. The van der Waals surface area contributed by atoms with E-state index >= 15 is 0 Å². The van der Waals surface area contributed by atoms with Gasteiger partial charge in [-0.1, -0.05) is 23.4 Å². The molecule has 0 spiro atoms. The van der Waals surface area contributed by atoms with Crippen molar-refractivity contribution >= 4 is 5.71 Å². The maximum absolute atomic E-state index is 9.20. The normalized spacial score (nSPS) is 20.1. The van der Waals surface area contributed by atoms with Gasteiger partial charge in [0.1, 0.15) is 11.5 Å². The van der Waals surface area contributed by atoms with Crippen molar-refractivity contribution in [2.45, 2.75) is 25.4 Å². The quantitative estimate of drug-likeness (QED) is 0.526. The second kappa shape index (κ2) is 7.81. The molecule has 0 radical (unpaired) electrons. The molecule has 1 aliphatic carbocycles. The van der Waals surface area contributed by atoms with E-state index in [0.29, 0.717) is 0 Å². The van der Waals surface area contributed by atoms with Crippen molar-refractivity contribution < 1.29 is 14.4 Å². The lowest BCUT2D eigenvalue weighted by Gasteiger charge is -2.22. The lowest BCUT2D eigenvalue weighted by Crippen LogP contribution is -2.39. The van der Waals surface area contributed by atoms with E-state index in [1.54, 1.807) is 12.4 Å². The summed E-state index contributed by atoms with van der Waals surface area (Å²) < 4.78 is 12.2. The van der Waals surface area contributed by atoms with Gasteiger partial charge in [0.25, 0.3) is 0 Å². The first-order valence-electron chi connectivity index (χ1n) is 10.0. The molecule has 6 heteroatoms. The van der Waals surface area contributed by atoms with Crippen LogP contribution in [0.3, 0.4) is 0 Å². The zero-order valence-electron chi connectivity index (χ0n) is 16.1. The van der Waals surface area contributed by atoms with Crippen molar-refractivity contribution in [1.82, 2.24) is 10.3 Å². The van der Waals surface area contributed by atoms with Gasteiger partial charge in [0.15, 0.2) is 0 Å². The largest absolute Gasteiger partial charge is 0.460 e. The van der Waals surface area contributed by atoms with E-state index in [4.69, 9.17) is 9.15 Å². The third-order valence-corrected chi connectivity index (χ3v) is 5.64. The van der Waals surface area contributed by atoms with E-state index < -0.39 is 0 Å². The summed E-state index contributed by atoms with van der Waals surface area (Å²) in [5.74, 6) is 1.76. The van der Waals surface area contributed by atoms with Crippen LogP contribution in [0.4, 0.5) is 0 Å². The molecule has 3 heterocycles. The number of aromatic nitrogens is 1. The molecule has 6 nitrogen and oxygen atoms in total. The highest BCUT2D eigenvalue weighted by Crippen LogP contribution is 2.37. The number of oxime groups is 1. The topological polar surface area (TPSA) is 79.9 Å². The highest BCUT2D eigenvalue weighted by atomic mass is 16.5. The Morgan fingerprint density at radius 1 is 1.07 bits per heavy atom. The number of fused-ring (bicyclic) bond motifs is 1. The number of pyridine rings is 1. The van der Waals surface area contributed by atoms with Crippen molar-refractivity contribution in [1.29, 1.82) is 0 Å². The van der Waals surface area contributed by atoms with Crippen LogP contribution in [0, 0.1) is 0 Å². The molecule has 2 aliphatic rings. The lowest BCUT2D eigenvalue weighted by atomic mass is 9.98. The fraction of sp³-hybridized carbons (Fsp3) is 0.304. The summed E-state index contributed by atoms with van der Waals surface area (Å²) in [6.07, 6.45) is 6.08. The zero-order chi connectivity index (χ0) is 19.6. The number of rotatable bonds is 4. The van der Waals surface area contributed by atoms with Crippen LogP contribution in [0.2, 0.25) is 0 Å². The van der Waals surface area contributed by atoms with E-state index in [-0.39, 0.29) is 6.10 Å². The van der Waals surface area contributed by atoms with Gasteiger partial charge < -0.3 is 19.7 Å². The lowest BCUT2D eigenvalue weighted by molar-refractivity contribution is 0.0263. The van der Waals surface area contributed by atoms with Gasteiger partial charge in [0.05, 0.1) is 18.4 Å². The van der Waals surface area contributed by atoms with Crippen LogP contribution in [-0.2, 0) is 17.6 Å². The number of aryl methyl sites for hydroxylation is 1. The average Bonchev–Trinajstić information content (AvgIpc) is 3.38. The van der Waals surface area contributed by atoms with Crippen molar-refractivity contribution in [2.24, 2.45) is 5.16 Å². The third-order valence-electron chi connectivity index (χ3n) is 5.64. The average molecular weight is 389 g/mol. The van der Waals surface area contributed by atoms with Gasteiger partial charge in [0, 0.05) is 48.6 Å². The Hall–Kier alpha value is -2.96. The summed E-state index contributed by atoms with van der Waals surface area (Å²) >= 11 is 0. The highest BCUT2D eigenvalue weighted by molar-refractivity contribution is 6.04. The Morgan fingerprint density at radius 3 is 2.76 bits per heavy atom. The Bertz CT molecular complexity index is 1040. The van der Waals surface area contributed by atoms with Crippen LogP contribution in [0.25, 0.3) is 22.5 Å². The number of benzene rings is 1. The van der Waals surface area contributed by atoms with Crippen molar-refractivity contribution in [3.8, 4) is 22.5 Å². The number of nitrogens with zero attached hydrogens (tertiary/aromatic N) is 2. The Labute approximate surface area is 169 Å². The van der Waals surface area contributed by atoms with Gasteiger partial charge in [-0.25, -0.2) is 0 Å². The molecule has 1 fully saturated rings. The van der Waals surface area contributed by atoms with Crippen LogP contribution < -0.4 is 5.32 Å². The SMILES string of the molecule is ON=C1CCc2cc(-c3cc(CC4CNCCO4)oc3-c3ccncc3)ccc21. The van der Waals surface area contributed by atoms with Gasteiger partial charge in [-0.2, -0.15) is 0 Å². The molecule has 1 aromatic carbocycles. The standard InChI is InChI=1S/C23H23N3O3/c27-26-22-4-2-16-11-17(1-3-20(16)22)21-13-18(12-19-14-25-9-10-28-19)29-23(21)15-5-7-24-8-6-15/h1,3,5-8,11,13,19,25,27H,2,4,9-10,12,14H2. The molecule has 1 saturated heterocycles. The minimum Gasteiger partial charge on any atom is -0.460 e. The Balaban J connectivity index is 1.54. The predicted octanol–water partition coefficient (Wildman–Crippen LogP) is 3.66. The Morgan fingerprint density at radius 2 is 1.97 bits per heavy atom. The van der Waals surface area contributed by atoms with Crippen LogP contribution in [-0.4, -0.2) is 41.7 Å². The molecule has 1 aliphatic heterocycles. The van der Waals surface area contributed by atoms with E-state index in [0.717, 1.165) is 78.4 Å². The van der Waals surface area contributed by atoms with E-state index in [1.165, 1.54) is 5.56 Å². The van der Waals surface area contributed by atoms with Gasteiger partial charge in [-0.05, 0) is 42.2 Å². The smallest absolute Gasteiger partial charge is 0.142 e. The predicted molar refractivity (Wildman–Crippen MR) is 110 cm³/mol. The molecule has 2 N–H and O–H groups in total. The minimum atomic E-state index is 0.122. The fourth-order valence-electron chi connectivity index (χ4n) is 4.19. The van der Waals surface area contributed by atoms with Gasteiger partial charge in [-0.3, -0.25) is 4.98 Å². The van der Waals surface area contributed by atoms with Crippen LogP contribution in [0.1, 0.15) is 23.3 Å². The molecule has 0 bridgehead atoms. The molecule has 0 amide bonds. The third kappa shape index (κ3) is 3.57. The number of hydrogen-bond acceptors (Lipinski definition) is 6. The van der Waals surface area contributed by atoms with Crippen LogP contribution in [0.15, 0.2) is 58.4 Å². The van der Waals surface area contributed by atoms with Crippen LogP contribution in [0.5, 0.6) is 0 Å². The molecule has 5 rings (SSSR count). The van der Waals surface area contributed by atoms with Crippen molar-refractivity contribution in [3.63, 3.8) is 0 Å².